The molecule has 0 aliphatic heterocycles. The molecule has 2 unspecified atom stereocenters. The molecule has 0 N–H and O–H groups in total. The smallest absolute Gasteiger partial charge is 0.254 e. The van der Waals surface area contributed by atoms with Gasteiger partial charge < -0.3 is 0 Å². The SMILES string of the molecule is FC(F)(F)c1ccc2c(-c3ccc4c(c3)C3CCC4C3)ncc(Br)c2n1. The topological polar surface area (TPSA) is 25.8 Å². The number of nitrogens with zero attached hydrogens (tertiary/aromatic N) is 2. The van der Waals surface area contributed by atoms with Gasteiger partial charge in [-0.2, -0.15) is 13.2 Å². The highest BCUT2D eigenvalue weighted by Crippen LogP contribution is 2.53. The van der Waals surface area contributed by atoms with E-state index in [9.17, 15) is 13.2 Å². The van der Waals surface area contributed by atoms with Crippen LogP contribution in [0, 0.1) is 0 Å². The summed E-state index contributed by atoms with van der Waals surface area (Å²) in [6, 6.07) is 8.87. The first kappa shape index (κ1) is 16.2. The molecule has 2 aliphatic rings. The standard InChI is InChI=1S/C20H14BrF3N2/c21-16-9-25-18(14-5-6-17(20(22,23)24)26-19(14)16)12-3-4-13-10-1-2-11(7-10)15(13)8-12/h3-6,8-11H,1-2,7H2. The number of aromatic nitrogens is 2. The van der Waals surface area contributed by atoms with Crippen molar-refractivity contribution in [1.82, 2.24) is 9.97 Å². The number of hydrogen-bond acceptors (Lipinski definition) is 2. The first-order valence-corrected chi connectivity index (χ1v) is 9.38. The average Bonchev–Trinajstić information content (AvgIpc) is 3.23. The first-order chi connectivity index (χ1) is 12.4. The molecular weight excluding hydrogens is 405 g/mol. The van der Waals surface area contributed by atoms with E-state index >= 15 is 0 Å². The third-order valence-corrected chi connectivity index (χ3v) is 6.23. The summed E-state index contributed by atoms with van der Waals surface area (Å²) < 4.78 is 39.5. The Morgan fingerprint density at radius 2 is 1.77 bits per heavy atom. The summed E-state index contributed by atoms with van der Waals surface area (Å²) in [6.07, 6.45) is 0.782. The maximum Gasteiger partial charge on any atom is 0.433 e. The molecule has 3 aromatic rings. The van der Waals surface area contributed by atoms with Gasteiger partial charge in [0.2, 0.25) is 0 Å². The largest absolute Gasteiger partial charge is 0.433 e. The Labute approximate surface area is 156 Å². The highest BCUT2D eigenvalue weighted by Gasteiger charge is 2.37. The molecule has 26 heavy (non-hydrogen) atoms. The van der Waals surface area contributed by atoms with Crippen molar-refractivity contribution in [1.29, 1.82) is 0 Å². The van der Waals surface area contributed by atoms with Crippen molar-refractivity contribution in [2.24, 2.45) is 0 Å². The van der Waals surface area contributed by atoms with Crippen molar-refractivity contribution < 1.29 is 13.2 Å². The van der Waals surface area contributed by atoms with E-state index in [2.05, 4.69) is 38.0 Å². The number of fused-ring (bicyclic) bond motifs is 6. The van der Waals surface area contributed by atoms with Gasteiger partial charge in [-0.05, 0) is 76.4 Å². The summed E-state index contributed by atoms with van der Waals surface area (Å²) in [7, 11) is 0. The summed E-state index contributed by atoms with van der Waals surface area (Å²) in [5, 5.41) is 0.621. The molecule has 6 heteroatoms. The van der Waals surface area contributed by atoms with Crippen molar-refractivity contribution in [3.63, 3.8) is 0 Å². The zero-order valence-electron chi connectivity index (χ0n) is 13.6. The lowest BCUT2D eigenvalue weighted by Crippen LogP contribution is -2.08. The van der Waals surface area contributed by atoms with Gasteiger partial charge >= 0.3 is 6.18 Å². The van der Waals surface area contributed by atoms with Gasteiger partial charge in [-0.3, -0.25) is 4.98 Å². The highest BCUT2D eigenvalue weighted by molar-refractivity contribution is 9.10. The van der Waals surface area contributed by atoms with E-state index < -0.39 is 11.9 Å². The summed E-state index contributed by atoms with van der Waals surface area (Å²) in [4.78, 5) is 8.32. The number of benzene rings is 1. The molecule has 0 saturated heterocycles. The summed E-state index contributed by atoms with van der Waals surface area (Å²) in [5.41, 5.74) is 3.83. The second-order valence-electron chi connectivity index (χ2n) is 7.10. The van der Waals surface area contributed by atoms with E-state index in [4.69, 9.17) is 0 Å². The second-order valence-corrected chi connectivity index (χ2v) is 7.95. The molecular formula is C20H14BrF3N2. The molecule has 2 heterocycles. The number of halogens is 4. The maximum atomic E-state index is 13.0. The lowest BCUT2D eigenvalue weighted by molar-refractivity contribution is -0.140. The molecule has 2 atom stereocenters. The van der Waals surface area contributed by atoms with E-state index in [0.29, 0.717) is 27.4 Å². The Bertz CT molecular complexity index is 1050. The van der Waals surface area contributed by atoms with Crippen LogP contribution in [0.2, 0.25) is 0 Å². The van der Waals surface area contributed by atoms with Crippen LogP contribution >= 0.6 is 15.9 Å². The van der Waals surface area contributed by atoms with Crippen LogP contribution in [-0.4, -0.2) is 9.97 Å². The number of rotatable bonds is 1. The normalized spacial score (nSPS) is 21.4. The van der Waals surface area contributed by atoms with Crippen LogP contribution in [-0.2, 0) is 6.18 Å². The van der Waals surface area contributed by atoms with Gasteiger partial charge in [-0.15, -0.1) is 0 Å². The minimum atomic E-state index is -4.47. The minimum absolute atomic E-state index is 0.284. The highest BCUT2D eigenvalue weighted by atomic mass is 79.9. The number of pyridine rings is 2. The van der Waals surface area contributed by atoms with Crippen molar-refractivity contribution in [2.75, 3.05) is 0 Å². The van der Waals surface area contributed by atoms with Gasteiger partial charge in [-0.1, -0.05) is 12.1 Å². The molecule has 2 aromatic heterocycles. The van der Waals surface area contributed by atoms with Crippen LogP contribution in [0.3, 0.4) is 0 Å². The molecule has 2 nitrogen and oxygen atoms in total. The molecule has 0 amide bonds. The van der Waals surface area contributed by atoms with Gasteiger partial charge in [0, 0.05) is 17.1 Å². The summed E-state index contributed by atoms with van der Waals surface area (Å²) in [6.45, 7) is 0. The fourth-order valence-corrected chi connectivity index (χ4v) is 4.87. The maximum absolute atomic E-state index is 13.0. The van der Waals surface area contributed by atoms with Crippen molar-refractivity contribution in [2.45, 2.75) is 37.3 Å². The minimum Gasteiger partial charge on any atom is -0.254 e. The third kappa shape index (κ3) is 2.38. The van der Waals surface area contributed by atoms with Crippen LogP contribution in [0.1, 0.15) is 47.9 Å². The Morgan fingerprint density at radius 1 is 1.00 bits per heavy atom. The van der Waals surface area contributed by atoms with E-state index in [1.165, 1.54) is 42.7 Å². The van der Waals surface area contributed by atoms with Crippen molar-refractivity contribution >= 4 is 26.8 Å². The Kier molecular flexibility index (Phi) is 3.45. The Morgan fingerprint density at radius 3 is 2.54 bits per heavy atom. The van der Waals surface area contributed by atoms with Crippen molar-refractivity contribution in [3.05, 3.63) is 57.8 Å². The van der Waals surface area contributed by atoms with Crippen LogP contribution in [0.15, 0.2) is 41.0 Å². The van der Waals surface area contributed by atoms with Crippen molar-refractivity contribution in [3.8, 4) is 11.3 Å². The van der Waals surface area contributed by atoms with Crippen LogP contribution in [0.25, 0.3) is 22.2 Å². The van der Waals surface area contributed by atoms with Gasteiger partial charge in [0.05, 0.1) is 15.7 Å². The molecule has 2 aliphatic carbocycles. The molecule has 1 saturated carbocycles. The summed E-state index contributed by atoms with van der Waals surface area (Å²) >= 11 is 3.29. The monoisotopic (exact) mass is 418 g/mol. The van der Waals surface area contributed by atoms with Crippen LogP contribution < -0.4 is 0 Å². The van der Waals surface area contributed by atoms with Gasteiger partial charge in [0.15, 0.2) is 0 Å². The van der Waals surface area contributed by atoms with E-state index in [-0.39, 0.29) is 5.52 Å². The fourth-order valence-electron chi connectivity index (χ4n) is 4.47. The van der Waals surface area contributed by atoms with E-state index in [0.717, 1.165) is 11.6 Å². The van der Waals surface area contributed by atoms with Gasteiger partial charge in [-0.25, -0.2) is 4.98 Å². The Hall–Kier alpha value is -1.95. The molecule has 0 spiro atoms. The van der Waals surface area contributed by atoms with E-state index in [1.54, 1.807) is 0 Å². The first-order valence-electron chi connectivity index (χ1n) is 8.58. The average molecular weight is 419 g/mol. The van der Waals surface area contributed by atoms with E-state index in [1.807, 2.05) is 6.07 Å². The molecule has 2 bridgehead atoms. The predicted octanol–water partition coefficient (Wildman–Crippen LogP) is 6.44. The molecule has 1 aromatic carbocycles. The molecule has 1 fully saturated rings. The zero-order chi connectivity index (χ0) is 18.1. The lowest BCUT2D eigenvalue weighted by atomic mass is 9.89. The number of hydrogen-bond donors (Lipinski definition) is 0. The fraction of sp³-hybridized carbons (Fsp3) is 0.300. The van der Waals surface area contributed by atoms with Crippen LogP contribution in [0.5, 0.6) is 0 Å². The zero-order valence-corrected chi connectivity index (χ0v) is 15.2. The molecule has 5 rings (SSSR count). The molecule has 132 valence electrons. The van der Waals surface area contributed by atoms with Gasteiger partial charge in [0.25, 0.3) is 0 Å². The lowest BCUT2D eigenvalue weighted by Gasteiger charge is -2.17. The van der Waals surface area contributed by atoms with Gasteiger partial charge in [0.1, 0.15) is 5.69 Å². The third-order valence-electron chi connectivity index (χ3n) is 5.65. The second kappa shape index (κ2) is 5.52. The predicted molar refractivity (Wildman–Crippen MR) is 97.0 cm³/mol. The quantitative estimate of drug-likeness (QED) is 0.454. The number of alkyl halides is 3. The van der Waals surface area contributed by atoms with Crippen LogP contribution in [0.4, 0.5) is 13.2 Å². The molecule has 0 radical (unpaired) electrons. The summed E-state index contributed by atoms with van der Waals surface area (Å²) in [5.74, 6) is 1.29. The Balaban J connectivity index is 1.68.